The number of amides is 1. The molecule has 0 atom stereocenters. The lowest BCUT2D eigenvalue weighted by Gasteiger charge is -2.06. The number of nitrogens with zero attached hydrogens (tertiary/aromatic N) is 7. The number of aromatic nitrogens is 7. The van der Waals surface area contributed by atoms with Crippen molar-refractivity contribution in [2.24, 2.45) is 5.73 Å². The van der Waals surface area contributed by atoms with E-state index in [4.69, 9.17) is 17.3 Å². The molecule has 3 aromatic rings. The van der Waals surface area contributed by atoms with Crippen LogP contribution in [0.3, 0.4) is 0 Å². The van der Waals surface area contributed by atoms with Gasteiger partial charge < -0.3 is 5.73 Å². The monoisotopic (exact) mass is 396 g/mol. The predicted octanol–water partition coefficient (Wildman–Crippen LogP) is 1.68. The Balaban J connectivity index is 2.00. The zero-order chi connectivity index (χ0) is 19.6. The molecule has 1 amide bonds. The van der Waals surface area contributed by atoms with E-state index in [2.05, 4.69) is 30.0 Å². The summed E-state index contributed by atoms with van der Waals surface area (Å²) in [5, 5.41) is 3.35. The van der Waals surface area contributed by atoms with Crippen molar-refractivity contribution < 1.29 is 18.0 Å². The molecule has 0 fully saturated rings. The van der Waals surface area contributed by atoms with Gasteiger partial charge in [0.15, 0.2) is 5.82 Å². The summed E-state index contributed by atoms with van der Waals surface area (Å²) in [6.07, 6.45) is 1.67. The molecule has 9 nitrogen and oxygen atoms in total. The van der Waals surface area contributed by atoms with Crippen LogP contribution in [-0.2, 0) is 11.0 Å². The van der Waals surface area contributed by atoms with Crippen LogP contribution >= 0.6 is 11.6 Å². The minimum atomic E-state index is -4.71. The van der Waals surface area contributed by atoms with Gasteiger partial charge in [0, 0.05) is 24.2 Å². The molecular weight excluding hydrogens is 389 g/mol. The molecule has 3 aromatic heterocycles. The summed E-state index contributed by atoms with van der Waals surface area (Å²) in [6, 6.07) is 0.662. The van der Waals surface area contributed by atoms with E-state index in [9.17, 15) is 18.0 Å². The number of alkyl halides is 3. The van der Waals surface area contributed by atoms with Crippen molar-refractivity contribution >= 4 is 29.3 Å². The number of hydrogen-bond donors (Lipinski definition) is 1. The number of primary amides is 1. The molecular formula is C14H8ClF3N8O. The average Bonchev–Trinajstić information content (AvgIpc) is 3.08. The third-order valence-electron chi connectivity index (χ3n) is 3.13. The molecule has 138 valence electrons. The van der Waals surface area contributed by atoms with Gasteiger partial charge in [-0.25, -0.2) is 29.6 Å². The van der Waals surface area contributed by atoms with Crippen LogP contribution in [0.5, 0.6) is 0 Å². The lowest BCUT2D eigenvalue weighted by atomic mass is 10.1. The molecule has 0 aromatic carbocycles. The first kappa shape index (κ1) is 18.4. The fourth-order valence-electron chi connectivity index (χ4n) is 1.98. The van der Waals surface area contributed by atoms with Crippen LogP contribution in [0.2, 0.25) is 5.28 Å². The van der Waals surface area contributed by atoms with Crippen molar-refractivity contribution in [2.45, 2.75) is 6.18 Å². The van der Waals surface area contributed by atoms with Crippen LogP contribution < -0.4 is 5.73 Å². The van der Waals surface area contributed by atoms with Gasteiger partial charge in [-0.1, -0.05) is 0 Å². The van der Waals surface area contributed by atoms with E-state index in [1.807, 2.05) is 0 Å². The van der Waals surface area contributed by atoms with Crippen LogP contribution in [0.1, 0.15) is 11.3 Å². The van der Waals surface area contributed by atoms with E-state index >= 15 is 0 Å². The van der Waals surface area contributed by atoms with E-state index in [1.54, 1.807) is 0 Å². The Kier molecular flexibility index (Phi) is 4.81. The van der Waals surface area contributed by atoms with E-state index < -0.39 is 23.1 Å². The third kappa shape index (κ3) is 4.23. The largest absolute Gasteiger partial charge is 0.433 e. The highest BCUT2D eigenvalue weighted by Gasteiger charge is 2.34. The summed E-state index contributed by atoms with van der Waals surface area (Å²) in [7, 11) is 0. The summed E-state index contributed by atoms with van der Waals surface area (Å²) in [6.45, 7) is 0. The number of hydrogen-bond acceptors (Lipinski definition) is 7. The molecule has 0 unspecified atom stereocenters. The fraction of sp³-hybridized carbons (Fsp3) is 0.0714. The minimum absolute atomic E-state index is 0.0174. The van der Waals surface area contributed by atoms with Gasteiger partial charge in [-0.15, -0.1) is 5.10 Å². The van der Waals surface area contributed by atoms with E-state index in [-0.39, 0.29) is 17.1 Å². The van der Waals surface area contributed by atoms with Crippen LogP contribution in [0, 0.1) is 0 Å². The Morgan fingerprint density at radius 1 is 1.22 bits per heavy atom. The quantitative estimate of drug-likeness (QED) is 0.525. The van der Waals surface area contributed by atoms with Crippen LogP contribution in [0.4, 0.5) is 13.2 Å². The lowest BCUT2D eigenvalue weighted by molar-refractivity contribution is -0.141. The normalized spacial score (nSPS) is 12.2. The standard InChI is InChI=1S/C14H8ClF3N8O/c15-13-23-9(1-10(24-13)14(16,17)18)12-22-6-26(25-12)4-8(11(19)27)7-2-20-5-21-3-7/h1-6H,(H2,19,27)/b8-4+. The van der Waals surface area contributed by atoms with Crippen molar-refractivity contribution in [3.05, 3.63) is 47.7 Å². The Hall–Kier alpha value is -3.41. The van der Waals surface area contributed by atoms with Gasteiger partial charge >= 0.3 is 6.18 Å². The molecule has 0 saturated heterocycles. The Morgan fingerprint density at radius 2 is 1.93 bits per heavy atom. The number of halogens is 4. The summed E-state index contributed by atoms with van der Waals surface area (Å²) in [5.74, 6) is -0.944. The first-order chi connectivity index (χ1) is 12.7. The highest BCUT2D eigenvalue weighted by Crippen LogP contribution is 2.30. The summed E-state index contributed by atoms with van der Waals surface area (Å²) in [4.78, 5) is 29.9. The minimum Gasteiger partial charge on any atom is -0.366 e. The molecule has 0 bridgehead atoms. The summed E-state index contributed by atoms with van der Waals surface area (Å²) < 4.78 is 39.6. The molecule has 3 heterocycles. The van der Waals surface area contributed by atoms with Gasteiger partial charge in [0.1, 0.15) is 24.0 Å². The molecule has 0 aliphatic carbocycles. The van der Waals surface area contributed by atoms with E-state index in [0.717, 1.165) is 11.0 Å². The van der Waals surface area contributed by atoms with Crippen molar-refractivity contribution in [1.82, 2.24) is 34.7 Å². The van der Waals surface area contributed by atoms with Crippen LogP contribution in [0.15, 0.2) is 31.1 Å². The maximum absolute atomic E-state index is 12.8. The van der Waals surface area contributed by atoms with Crippen molar-refractivity contribution in [3.63, 3.8) is 0 Å². The zero-order valence-electron chi connectivity index (χ0n) is 13.1. The second kappa shape index (κ2) is 7.07. The van der Waals surface area contributed by atoms with Crippen LogP contribution in [-0.4, -0.2) is 40.6 Å². The van der Waals surface area contributed by atoms with Gasteiger partial charge in [-0.3, -0.25) is 4.79 Å². The number of nitrogens with two attached hydrogens (primary N) is 1. The Morgan fingerprint density at radius 3 is 2.56 bits per heavy atom. The SMILES string of the molecule is NC(=O)/C(=C/n1cnc(-c2cc(C(F)(F)F)nc(Cl)n2)n1)c1cncnc1. The van der Waals surface area contributed by atoms with Gasteiger partial charge in [-0.05, 0) is 17.7 Å². The highest BCUT2D eigenvalue weighted by atomic mass is 35.5. The van der Waals surface area contributed by atoms with Gasteiger partial charge in [-0.2, -0.15) is 13.2 Å². The maximum atomic E-state index is 12.8. The molecule has 0 aliphatic rings. The number of rotatable bonds is 4. The second-order valence-electron chi connectivity index (χ2n) is 4.99. The predicted molar refractivity (Wildman–Crippen MR) is 86.5 cm³/mol. The Bertz CT molecular complexity index is 1020. The topological polar surface area (TPSA) is 125 Å². The van der Waals surface area contributed by atoms with Crippen molar-refractivity contribution in [1.29, 1.82) is 0 Å². The van der Waals surface area contributed by atoms with Crippen molar-refractivity contribution in [3.8, 4) is 11.5 Å². The zero-order valence-corrected chi connectivity index (χ0v) is 13.8. The highest BCUT2D eigenvalue weighted by molar-refractivity contribution is 6.28. The maximum Gasteiger partial charge on any atom is 0.433 e. The van der Waals surface area contributed by atoms with Crippen molar-refractivity contribution in [2.75, 3.05) is 0 Å². The molecule has 27 heavy (non-hydrogen) atoms. The fourth-order valence-corrected chi connectivity index (χ4v) is 2.16. The second-order valence-corrected chi connectivity index (χ2v) is 5.33. The molecule has 0 radical (unpaired) electrons. The molecule has 0 saturated carbocycles. The van der Waals surface area contributed by atoms with E-state index in [0.29, 0.717) is 11.6 Å². The first-order valence-electron chi connectivity index (χ1n) is 7.04. The first-order valence-corrected chi connectivity index (χ1v) is 7.42. The number of carbonyl (C=O) groups excluding carboxylic acids is 1. The molecule has 0 spiro atoms. The lowest BCUT2D eigenvalue weighted by Crippen LogP contribution is -2.14. The molecule has 2 N–H and O–H groups in total. The molecule has 0 aliphatic heterocycles. The average molecular weight is 397 g/mol. The van der Waals surface area contributed by atoms with Gasteiger partial charge in [0.25, 0.3) is 5.91 Å². The summed E-state index contributed by atoms with van der Waals surface area (Å²) in [5.41, 5.74) is 4.21. The number of carbonyl (C=O) groups is 1. The smallest absolute Gasteiger partial charge is 0.366 e. The van der Waals surface area contributed by atoms with Gasteiger partial charge in [0.2, 0.25) is 5.28 Å². The van der Waals surface area contributed by atoms with Gasteiger partial charge in [0.05, 0.1) is 5.57 Å². The summed E-state index contributed by atoms with van der Waals surface area (Å²) >= 11 is 5.55. The van der Waals surface area contributed by atoms with E-state index in [1.165, 1.54) is 24.9 Å². The Labute approximate surface area is 153 Å². The third-order valence-corrected chi connectivity index (χ3v) is 3.29. The molecule has 3 rings (SSSR count). The van der Waals surface area contributed by atoms with Crippen LogP contribution in [0.25, 0.3) is 23.3 Å². The molecule has 13 heteroatoms.